The van der Waals surface area contributed by atoms with Crippen LogP contribution in [-0.4, -0.2) is 28.2 Å². The Morgan fingerprint density at radius 3 is 2.52 bits per heavy atom. The van der Waals surface area contributed by atoms with Gasteiger partial charge >= 0.3 is 0 Å². The fraction of sp³-hybridized carbons (Fsp3) is 0.190. The number of halogens is 1. The van der Waals surface area contributed by atoms with Crippen molar-refractivity contribution in [2.75, 3.05) is 12.4 Å². The molecular weight excluding hydrogens is 410 g/mol. The molecule has 3 rings (SSSR count). The molecule has 1 unspecified atom stereocenters. The lowest BCUT2D eigenvalue weighted by atomic mass is 10.1. The molecule has 0 aliphatic heterocycles. The standard InChI is InChI=1S/C21H20ClN3O3S/c1-3-18(20(27)23-15-8-6-14(22)7-9-15)29-21-24-17(12-19(26)25-21)13-4-10-16(28-2)11-5-13/h4-12,18H,3H2,1-2H3,(H,23,27)(H,24,25,26). The third kappa shape index (κ3) is 5.62. The Morgan fingerprint density at radius 1 is 1.21 bits per heavy atom. The number of aromatic amines is 1. The second-order valence-electron chi connectivity index (χ2n) is 6.18. The molecule has 2 aromatic carbocycles. The molecule has 1 aromatic heterocycles. The number of hydrogen-bond acceptors (Lipinski definition) is 5. The Balaban J connectivity index is 1.78. The Bertz CT molecular complexity index is 1040. The molecule has 3 aromatic rings. The highest BCUT2D eigenvalue weighted by Crippen LogP contribution is 2.26. The van der Waals surface area contributed by atoms with E-state index in [1.807, 2.05) is 19.1 Å². The average Bonchev–Trinajstić information content (AvgIpc) is 2.73. The number of nitrogens with zero attached hydrogens (tertiary/aromatic N) is 1. The lowest BCUT2D eigenvalue weighted by Gasteiger charge is -2.14. The van der Waals surface area contributed by atoms with Crippen molar-refractivity contribution in [1.29, 1.82) is 0 Å². The van der Waals surface area contributed by atoms with Crippen LogP contribution in [0.2, 0.25) is 5.02 Å². The summed E-state index contributed by atoms with van der Waals surface area (Å²) < 4.78 is 5.16. The first kappa shape index (κ1) is 21.0. The molecule has 8 heteroatoms. The average molecular weight is 430 g/mol. The molecule has 6 nitrogen and oxygen atoms in total. The van der Waals surface area contributed by atoms with Crippen molar-refractivity contribution in [2.45, 2.75) is 23.8 Å². The maximum atomic E-state index is 12.6. The number of H-pyrrole nitrogens is 1. The van der Waals surface area contributed by atoms with E-state index in [0.717, 1.165) is 11.3 Å². The molecule has 1 amide bonds. The highest BCUT2D eigenvalue weighted by molar-refractivity contribution is 8.00. The summed E-state index contributed by atoms with van der Waals surface area (Å²) in [4.78, 5) is 32.0. The molecule has 0 saturated carbocycles. The summed E-state index contributed by atoms with van der Waals surface area (Å²) >= 11 is 7.10. The van der Waals surface area contributed by atoms with Gasteiger partial charge in [-0.2, -0.15) is 0 Å². The van der Waals surface area contributed by atoms with Crippen molar-refractivity contribution < 1.29 is 9.53 Å². The Labute approximate surface area is 177 Å². The van der Waals surface area contributed by atoms with E-state index in [4.69, 9.17) is 16.3 Å². The number of nitrogens with one attached hydrogen (secondary N) is 2. The van der Waals surface area contributed by atoms with Gasteiger partial charge in [0.2, 0.25) is 5.91 Å². The number of ether oxygens (including phenoxy) is 1. The number of rotatable bonds is 7. The number of methoxy groups -OCH3 is 1. The van der Waals surface area contributed by atoms with Crippen LogP contribution in [0.5, 0.6) is 5.75 Å². The maximum absolute atomic E-state index is 12.6. The van der Waals surface area contributed by atoms with Crippen LogP contribution >= 0.6 is 23.4 Å². The van der Waals surface area contributed by atoms with Gasteiger partial charge in [-0.1, -0.05) is 30.3 Å². The van der Waals surface area contributed by atoms with Crippen LogP contribution in [0.3, 0.4) is 0 Å². The van der Waals surface area contributed by atoms with Crippen LogP contribution in [0.25, 0.3) is 11.3 Å². The van der Waals surface area contributed by atoms with Gasteiger partial charge in [0.15, 0.2) is 5.16 Å². The molecule has 0 spiro atoms. The first-order valence-electron chi connectivity index (χ1n) is 8.97. The smallest absolute Gasteiger partial charge is 0.252 e. The molecule has 29 heavy (non-hydrogen) atoms. The number of anilines is 1. The first-order valence-corrected chi connectivity index (χ1v) is 10.2. The summed E-state index contributed by atoms with van der Waals surface area (Å²) in [6.45, 7) is 1.91. The van der Waals surface area contributed by atoms with Crippen LogP contribution < -0.4 is 15.6 Å². The highest BCUT2D eigenvalue weighted by Gasteiger charge is 2.20. The second-order valence-corrected chi connectivity index (χ2v) is 7.80. The minimum absolute atomic E-state index is 0.169. The van der Waals surface area contributed by atoms with E-state index in [-0.39, 0.29) is 11.5 Å². The topological polar surface area (TPSA) is 84.1 Å². The van der Waals surface area contributed by atoms with Crippen LogP contribution in [0.1, 0.15) is 13.3 Å². The molecule has 150 valence electrons. The number of aromatic nitrogens is 2. The minimum atomic E-state index is -0.417. The Kier molecular flexibility index (Phi) is 6.95. The monoisotopic (exact) mass is 429 g/mol. The fourth-order valence-corrected chi connectivity index (χ4v) is 3.65. The number of carbonyl (C=O) groups is 1. The fourth-order valence-electron chi connectivity index (χ4n) is 2.61. The zero-order valence-corrected chi connectivity index (χ0v) is 17.5. The summed E-state index contributed by atoms with van der Waals surface area (Å²) in [6, 6.07) is 15.6. The number of benzene rings is 2. The van der Waals surface area contributed by atoms with Gasteiger partial charge in [-0.05, 0) is 55.0 Å². The maximum Gasteiger partial charge on any atom is 0.252 e. The molecule has 0 radical (unpaired) electrons. The van der Waals surface area contributed by atoms with Gasteiger partial charge in [-0.25, -0.2) is 4.98 Å². The second kappa shape index (κ2) is 9.62. The van der Waals surface area contributed by atoms with E-state index >= 15 is 0 Å². The molecule has 0 fully saturated rings. The van der Waals surface area contributed by atoms with Crippen LogP contribution in [-0.2, 0) is 4.79 Å². The summed E-state index contributed by atoms with van der Waals surface area (Å²) in [5, 5.41) is 3.43. The lowest BCUT2D eigenvalue weighted by Crippen LogP contribution is -2.25. The quantitative estimate of drug-likeness (QED) is 0.423. The van der Waals surface area contributed by atoms with Crippen LogP contribution in [0.15, 0.2) is 64.5 Å². The van der Waals surface area contributed by atoms with Crippen LogP contribution in [0.4, 0.5) is 5.69 Å². The van der Waals surface area contributed by atoms with E-state index < -0.39 is 5.25 Å². The molecule has 1 heterocycles. The predicted octanol–water partition coefficient (Wildman–Crippen LogP) is 4.61. The van der Waals surface area contributed by atoms with E-state index in [1.165, 1.54) is 17.8 Å². The van der Waals surface area contributed by atoms with Gasteiger partial charge in [-0.15, -0.1) is 0 Å². The van der Waals surface area contributed by atoms with Crippen molar-refractivity contribution in [1.82, 2.24) is 9.97 Å². The number of hydrogen-bond donors (Lipinski definition) is 2. The van der Waals surface area contributed by atoms with Gasteiger partial charge in [0.1, 0.15) is 5.75 Å². The van der Waals surface area contributed by atoms with E-state index in [9.17, 15) is 9.59 Å². The lowest BCUT2D eigenvalue weighted by molar-refractivity contribution is -0.115. The largest absolute Gasteiger partial charge is 0.497 e. The van der Waals surface area contributed by atoms with Crippen molar-refractivity contribution in [3.05, 3.63) is 70.0 Å². The van der Waals surface area contributed by atoms with E-state index in [0.29, 0.717) is 28.0 Å². The Morgan fingerprint density at radius 2 is 1.90 bits per heavy atom. The number of thioether (sulfide) groups is 1. The van der Waals surface area contributed by atoms with Gasteiger partial charge in [-0.3, -0.25) is 9.59 Å². The molecular formula is C21H20ClN3O3S. The number of carbonyl (C=O) groups excluding carboxylic acids is 1. The van der Waals surface area contributed by atoms with Crippen LogP contribution in [0, 0.1) is 0 Å². The van der Waals surface area contributed by atoms with Gasteiger partial charge in [0, 0.05) is 22.3 Å². The highest BCUT2D eigenvalue weighted by atomic mass is 35.5. The Hall–Kier alpha value is -2.77. The molecule has 1 atom stereocenters. The first-order chi connectivity index (χ1) is 14.0. The molecule has 0 bridgehead atoms. The third-order valence-electron chi connectivity index (χ3n) is 4.13. The molecule has 0 aliphatic carbocycles. The number of amides is 1. The molecule has 2 N–H and O–H groups in total. The molecule has 0 saturated heterocycles. The zero-order chi connectivity index (χ0) is 20.8. The summed E-state index contributed by atoms with van der Waals surface area (Å²) in [5.74, 6) is 0.551. The van der Waals surface area contributed by atoms with E-state index in [2.05, 4.69) is 15.3 Å². The minimum Gasteiger partial charge on any atom is -0.497 e. The van der Waals surface area contributed by atoms with Gasteiger partial charge in [0.25, 0.3) is 5.56 Å². The van der Waals surface area contributed by atoms with Crippen molar-refractivity contribution in [2.24, 2.45) is 0 Å². The zero-order valence-electron chi connectivity index (χ0n) is 15.9. The van der Waals surface area contributed by atoms with Crippen molar-refractivity contribution in [3.8, 4) is 17.0 Å². The molecule has 0 aliphatic rings. The summed E-state index contributed by atoms with van der Waals surface area (Å²) in [7, 11) is 1.59. The van der Waals surface area contributed by atoms with Crippen molar-refractivity contribution >= 4 is 35.0 Å². The van der Waals surface area contributed by atoms with Gasteiger partial charge < -0.3 is 15.0 Å². The SMILES string of the molecule is CCC(Sc1nc(-c2ccc(OC)cc2)cc(=O)[nH]1)C(=O)Nc1ccc(Cl)cc1. The van der Waals surface area contributed by atoms with E-state index in [1.54, 1.807) is 43.5 Å². The van der Waals surface area contributed by atoms with Gasteiger partial charge in [0.05, 0.1) is 18.1 Å². The third-order valence-corrected chi connectivity index (χ3v) is 5.64. The van der Waals surface area contributed by atoms with Crippen molar-refractivity contribution in [3.63, 3.8) is 0 Å². The summed E-state index contributed by atoms with van der Waals surface area (Å²) in [6.07, 6.45) is 0.570. The summed E-state index contributed by atoms with van der Waals surface area (Å²) in [5.41, 5.74) is 1.71. The predicted molar refractivity (Wildman–Crippen MR) is 117 cm³/mol. The normalized spacial score (nSPS) is 11.7.